The molecule has 0 amide bonds. The highest BCUT2D eigenvalue weighted by atomic mass is 79.9. The monoisotopic (exact) mass is 450 g/mol. The number of alkyl halides is 2. The van der Waals surface area contributed by atoms with Crippen molar-refractivity contribution in [3.63, 3.8) is 0 Å². The van der Waals surface area contributed by atoms with E-state index in [1.54, 1.807) is 0 Å². The quantitative estimate of drug-likeness (QED) is 0.353. The fraction of sp³-hybridized carbons (Fsp3) is 0.667. The third-order valence-corrected chi connectivity index (χ3v) is 4.26. The number of hydrogen-bond acceptors (Lipinski definition) is 3. The van der Waals surface area contributed by atoms with Crippen LogP contribution in [0.3, 0.4) is 0 Å². The molecule has 0 saturated carbocycles. The largest absolute Gasteiger partial charge is 0.493 e. The number of unbranched alkanes of at least 4 members (excludes halogenated alkanes) is 1. The molecule has 23 heavy (non-hydrogen) atoms. The number of ether oxygens (including phenoxy) is 3. The van der Waals surface area contributed by atoms with E-state index in [1.807, 2.05) is 18.2 Å². The van der Waals surface area contributed by atoms with E-state index in [-0.39, 0.29) is 0 Å². The van der Waals surface area contributed by atoms with Crippen LogP contribution in [0.15, 0.2) is 18.2 Å². The van der Waals surface area contributed by atoms with E-state index in [0.29, 0.717) is 19.1 Å². The predicted octanol–water partition coefficient (Wildman–Crippen LogP) is 5.83. The summed E-state index contributed by atoms with van der Waals surface area (Å²) < 4.78 is 17.5. The maximum atomic E-state index is 6.07. The van der Waals surface area contributed by atoms with Gasteiger partial charge in [-0.3, -0.25) is 0 Å². The number of rotatable bonds is 13. The molecule has 5 heteroatoms. The smallest absolute Gasteiger partial charge is 0.164 e. The molecule has 0 bridgehead atoms. The molecule has 0 aromatic heterocycles. The Bertz CT molecular complexity index is 427. The lowest BCUT2D eigenvalue weighted by molar-refractivity contribution is 0.218. The van der Waals surface area contributed by atoms with Crippen molar-refractivity contribution in [1.29, 1.82) is 0 Å². The highest BCUT2D eigenvalue weighted by molar-refractivity contribution is 9.09. The first-order chi connectivity index (χ1) is 11.2. The number of halogens is 2. The van der Waals surface area contributed by atoms with Crippen LogP contribution in [-0.2, 0) is 0 Å². The van der Waals surface area contributed by atoms with Gasteiger partial charge in [0.15, 0.2) is 11.5 Å². The van der Waals surface area contributed by atoms with E-state index < -0.39 is 0 Å². The molecule has 0 heterocycles. The second-order valence-electron chi connectivity index (χ2n) is 5.41. The third-order valence-electron chi connectivity index (χ3n) is 3.61. The number of benzene rings is 1. The van der Waals surface area contributed by atoms with Crippen molar-refractivity contribution >= 4 is 31.9 Å². The summed E-state index contributed by atoms with van der Waals surface area (Å²) in [6.07, 6.45) is 4.83. The van der Waals surface area contributed by atoms with Crippen molar-refractivity contribution in [1.82, 2.24) is 0 Å². The second-order valence-corrected chi connectivity index (χ2v) is 7.00. The van der Waals surface area contributed by atoms with Crippen molar-refractivity contribution in [2.75, 3.05) is 30.5 Å². The van der Waals surface area contributed by atoms with Crippen LogP contribution in [0.4, 0.5) is 0 Å². The van der Waals surface area contributed by atoms with Crippen LogP contribution in [0, 0.1) is 5.92 Å². The lowest BCUT2D eigenvalue weighted by Gasteiger charge is -2.18. The molecule has 1 aromatic carbocycles. The Balaban J connectivity index is 2.73. The van der Waals surface area contributed by atoms with Crippen LogP contribution in [0.2, 0.25) is 0 Å². The fourth-order valence-corrected chi connectivity index (χ4v) is 2.54. The SMILES string of the molecule is CCCCC(CC)COc1cc(OCCBr)ccc1OCCBr. The van der Waals surface area contributed by atoms with Gasteiger partial charge in [-0.1, -0.05) is 65.0 Å². The highest BCUT2D eigenvalue weighted by Gasteiger charge is 2.12. The van der Waals surface area contributed by atoms with Crippen molar-refractivity contribution < 1.29 is 14.2 Å². The van der Waals surface area contributed by atoms with Crippen molar-refractivity contribution in [2.45, 2.75) is 39.5 Å². The molecule has 0 aliphatic rings. The minimum absolute atomic E-state index is 0.589. The van der Waals surface area contributed by atoms with Crippen LogP contribution >= 0.6 is 31.9 Å². The van der Waals surface area contributed by atoms with E-state index in [1.165, 1.54) is 19.3 Å². The molecule has 0 aliphatic heterocycles. The Labute approximate surface area is 157 Å². The zero-order chi connectivity index (χ0) is 16.9. The maximum Gasteiger partial charge on any atom is 0.164 e. The first kappa shape index (κ1) is 20.6. The first-order valence-corrected chi connectivity index (χ1v) is 10.6. The summed E-state index contributed by atoms with van der Waals surface area (Å²) in [6, 6.07) is 5.78. The van der Waals surface area contributed by atoms with Crippen molar-refractivity contribution in [3.8, 4) is 17.2 Å². The Morgan fingerprint density at radius 2 is 1.70 bits per heavy atom. The summed E-state index contributed by atoms with van der Waals surface area (Å²) in [5.41, 5.74) is 0. The van der Waals surface area contributed by atoms with Crippen LogP contribution in [0.1, 0.15) is 39.5 Å². The Kier molecular flexibility index (Phi) is 11.6. The Morgan fingerprint density at radius 3 is 2.35 bits per heavy atom. The maximum absolute atomic E-state index is 6.07. The van der Waals surface area contributed by atoms with Gasteiger partial charge >= 0.3 is 0 Å². The predicted molar refractivity (Wildman–Crippen MR) is 104 cm³/mol. The fourth-order valence-electron chi connectivity index (χ4n) is 2.22. The average Bonchev–Trinajstić information content (AvgIpc) is 2.59. The molecule has 0 spiro atoms. The van der Waals surface area contributed by atoms with E-state index in [0.717, 1.165) is 40.9 Å². The molecule has 1 unspecified atom stereocenters. The summed E-state index contributed by atoms with van der Waals surface area (Å²) in [7, 11) is 0. The molecular formula is C18H28Br2O3. The Hall–Kier alpha value is -0.420. The lowest BCUT2D eigenvalue weighted by atomic mass is 10.0. The zero-order valence-electron chi connectivity index (χ0n) is 14.2. The van der Waals surface area contributed by atoms with Gasteiger partial charge in [-0.15, -0.1) is 0 Å². The first-order valence-electron chi connectivity index (χ1n) is 8.39. The third kappa shape index (κ3) is 8.30. The average molecular weight is 452 g/mol. The molecule has 1 atom stereocenters. The summed E-state index contributed by atoms with van der Waals surface area (Å²) in [5.74, 6) is 2.95. The highest BCUT2D eigenvalue weighted by Crippen LogP contribution is 2.32. The molecule has 1 aromatic rings. The van der Waals surface area contributed by atoms with Crippen LogP contribution in [0.5, 0.6) is 17.2 Å². The van der Waals surface area contributed by atoms with Gasteiger partial charge in [-0.2, -0.15) is 0 Å². The van der Waals surface area contributed by atoms with Gasteiger partial charge in [0.2, 0.25) is 0 Å². The van der Waals surface area contributed by atoms with Crippen molar-refractivity contribution in [2.24, 2.45) is 5.92 Å². The standard InChI is InChI=1S/C18H28Br2O3/c1-3-5-6-15(4-2)14-23-18-13-16(21-11-9-19)7-8-17(18)22-12-10-20/h7-8,13,15H,3-6,9-12,14H2,1-2H3. The second kappa shape index (κ2) is 12.9. The van der Waals surface area contributed by atoms with E-state index in [4.69, 9.17) is 14.2 Å². The summed E-state index contributed by atoms with van der Waals surface area (Å²) in [6.45, 7) is 6.43. The summed E-state index contributed by atoms with van der Waals surface area (Å²) in [5, 5.41) is 1.60. The summed E-state index contributed by atoms with van der Waals surface area (Å²) >= 11 is 6.76. The van der Waals surface area contributed by atoms with Gasteiger partial charge < -0.3 is 14.2 Å². The molecule has 3 nitrogen and oxygen atoms in total. The molecule has 0 saturated heterocycles. The molecule has 132 valence electrons. The van der Waals surface area contributed by atoms with Gasteiger partial charge in [0.25, 0.3) is 0 Å². The molecule has 0 N–H and O–H groups in total. The van der Waals surface area contributed by atoms with Gasteiger partial charge in [-0.25, -0.2) is 0 Å². The zero-order valence-corrected chi connectivity index (χ0v) is 17.3. The van der Waals surface area contributed by atoms with E-state index in [2.05, 4.69) is 45.7 Å². The number of hydrogen-bond donors (Lipinski definition) is 0. The molecule has 0 fully saturated rings. The van der Waals surface area contributed by atoms with Gasteiger partial charge in [0.05, 0.1) is 19.8 Å². The van der Waals surface area contributed by atoms with Gasteiger partial charge in [0.1, 0.15) is 5.75 Å². The van der Waals surface area contributed by atoms with Gasteiger partial charge in [-0.05, 0) is 24.5 Å². The minimum Gasteiger partial charge on any atom is -0.493 e. The topological polar surface area (TPSA) is 27.7 Å². The molecule has 1 rings (SSSR count). The van der Waals surface area contributed by atoms with E-state index in [9.17, 15) is 0 Å². The Morgan fingerprint density at radius 1 is 0.957 bits per heavy atom. The van der Waals surface area contributed by atoms with Crippen LogP contribution < -0.4 is 14.2 Å². The minimum atomic E-state index is 0.589. The van der Waals surface area contributed by atoms with Crippen LogP contribution in [0.25, 0.3) is 0 Å². The lowest BCUT2D eigenvalue weighted by Crippen LogP contribution is -2.12. The normalized spacial score (nSPS) is 12.0. The molecule has 0 radical (unpaired) electrons. The summed E-state index contributed by atoms with van der Waals surface area (Å²) in [4.78, 5) is 0. The van der Waals surface area contributed by atoms with Gasteiger partial charge in [0, 0.05) is 16.7 Å². The van der Waals surface area contributed by atoms with E-state index >= 15 is 0 Å². The molecular weight excluding hydrogens is 424 g/mol. The van der Waals surface area contributed by atoms with Crippen LogP contribution in [-0.4, -0.2) is 30.5 Å². The van der Waals surface area contributed by atoms with Crippen molar-refractivity contribution in [3.05, 3.63) is 18.2 Å². The molecule has 0 aliphatic carbocycles.